The molecule has 28 heavy (non-hydrogen) atoms. The number of ether oxygens (including phenoxy) is 2. The summed E-state index contributed by atoms with van der Waals surface area (Å²) in [7, 11) is 0. The molecule has 0 N–H and O–H groups in total. The van der Waals surface area contributed by atoms with Crippen LogP contribution in [-0.2, 0) is 14.3 Å². The second-order valence-corrected chi connectivity index (χ2v) is 8.25. The van der Waals surface area contributed by atoms with Gasteiger partial charge >= 0.3 is 0 Å². The number of thioether (sulfide) groups is 1. The van der Waals surface area contributed by atoms with E-state index in [-0.39, 0.29) is 18.1 Å². The number of morpholine rings is 2. The number of anilines is 1. The van der Waals surface area contributed by atoms with Crippen molar-refractivity contribution in [3.05, 3.63) is 24.3 Å². The number of rotatable bonds is 4. The smallest absolute Gasteiger partial charge is 0.233 e. The molecular formula is C20H26N4O3S. The van der Waals surface area contributed by atoms with Crippen LogP contribution in [0.5, 0.6) is 0 Å². The van der Waals surface area contributed by atoms with Crippen LogP contribution >= 0.6 is 11.8 Å². The van der Waals surface area contributed by atoms with Crippen LogP contribution in [0, 0.1) is 0 Å². The molecule has 0 radical (unpaired) electrons. The quantitative estimate of drug-likeness (QED) is 0.726. The van der Waals surface area contributed by atoms with Crippen molar-refractivity contribution in [2.45, 2.75) is 31.1 Å². The van der Waals surface area contributed by atoms with Gasteiger partial charge in [0, 0.05) is 26.2 Å². The minimum atomic E-state index is 0.123. The van der Waals surface area contributed by atoms with Gasteiger partial charge < -0.3 is 19.3 Å². The molecule has 2 saturated heterocycles. The molecule has 150 valence electrons. The highest BCUT2D eigenvalue weighted by atomic mass is 32.2. The molecule has 8 heteroatoms. The van der Waals surface area contributed by atoms with Crippen LogP contribution < -0.4 is 4.90 Å². The summed E-state index contributed by atoms with van der Waals surface area (Å²) in [5.41, 5.74) is 1.72. The van der Waals surface area contributed by atoms with Gasteiger partial charge in [-0.3, -0.25) is 4.79 Å². The van der Waals surface area contributed by atoms with Crippen LogP contribution in [0.15, 0.2) is 29.3 Å². The molecule has 2 aromatic rings. The van der Waals surface area contributed by atoms with Crippen LogP contribution in [0.4, 0.5) is 5.82 Å². The first-order valence-electron chi connectivity index (χ1n) is 9.75. The highest BCUT2D eigenvalue weighted by Crippen LogP contribution is 2.31. The van der Waals surface area contributed by atoms with Crippen LogP contribution in [-0.4, -0.2) is 78.1 Å². The molecule has 3 heterocycles. The normalized spacial score (nSPS) is 23.2. The molecule has 0 aliphatic carbocycles. The molecule has 2 aliphatic heterocycles. The van der Waals surface area contributed by atoms with Gasteiger partial charge in [-0.2, -0.15) is 0 Å². The molecule has 2 fully saturated rings. The van der Waals surface area contributed by atoms with Gasteiger partial charge in [-0.25, -0.2) is 9.97 Å². The molecule has 0 spiro atoms. The lowest BCUT2D eigenvalue weighted by Gasteiger charge is -2.36. The summed E-state index contributed by atoms with van der Waals surface area (Å²) in [6.45, 7) is 8.23. The maximum absolute atomic E-state index is 12.6. The lowest BCUT2D eigenvalue weighted by Crippen LogP contribution is -2.46. The van der Waals surface area contributed by atoms with E-state index in [1.165, 1.54) is 11.8 Å². The summed E-state index contributed by atoms with van der Waals surface area (Å²) < 4.78 is 11.2. The van der Waals surface area contributed by atoms with Crippen molar-refractivity contribution >= 4 is 34.5 Å². The predicted octanol–water partition coefficient (Wildman–Crippen LogP) is 2.19. The fourth-order valence-electron chi connectivity index (χ4n) is 3.66. The zero-order valence-corrected chi connectivity index (χ0v) is 17.2. The van der Waals surface area contributed by atoms with E-state index in [2.05, 4.69) is 18.7 Å². The number of carbonyl (C=O) groups is 1. The number of para-hydroxylation sites is 2. The molecule has 0 unspecified atom stereocenters. The minimum Gasteiger partial charge on any atom is -0.378 e. The third kappa shape index (κ3) is 4.39. The third-order valence-corrected chi connectivity index (χ3v) is 5.88. The van der Waals surface area contributed by atoms with E-state index < -0.39 is 0 Å². The molecule has 0 bridgehead atoms. The Bertz CT molecular complexity index is 833. The van der Waals surface area contributed by atoms with E-state index in [9.17, 15) is 4.79 Å². The first-order valence-corrected chi connectivity index (χ1v) is 10.7. The zero-order valence-electron chi connectivity index (χ0n) is 16.3. The minimum absolute atomic E-state index is 0.123. The van der Waals surface area contributed by atoms with Gasteiger partial charge in [0.05, 0.1) is 42.2 Å². The van der Waals surface area contributed by atoms with E-state index in [0.717, 1.165) is 35.0 Å². The van der Waals surface area contributed by atoms with Crippen LogP contribution in [0.2, 0.25) is 0 Å². The van der Waals surface area contributed by atoms with Crippen molar-refractivity contribution in [1.82, 2.24) is 14.9 Å². The summed E-state index contributed by atoms with van der Waals surface area (Å²) in [6.07, 6.45) is 0.259. The lowest BCUT2D eigenvalue weighted by molar-refractivity contribution is -0.132. The van der Waals surface area contributed by atoms with Crippen molar-refractivity contribution in [2.24, 2.45) is 0 Å². The molecule has 2 atom stereocenters. The van der Waals surface area contributed by atoms with Gasteiger partial charge in [0.2, 0.25) is 5.91 Å². The second-order valence-electron chi connectivity index (χ2n) is 7.29. The molecule has 7 nitrogen and oxygen atoms in total. The van der Waals surface area contributed by atoms with Gasteiger partial charge in [0.25, 0.3) is 0 Å². The Balaban J connectivity index is 1.58. The van der Waals surface area contributed by atoms with Gasteiger partial charge in [-0.15, -0.1) is 0 Å². The summed E-state index contributed by atoms with van der Waals surface area (Å²) in [6, 6.07) is 7.88. The molecule has 1 aromatic carbocycles. The molecule has 1 aromatic heterocycles. The number of amides is 1. The number of hydrogen-bond acceptors (Lipinski definition) is 7. The maximum atomic E-state index is 12.6. The Morgan fingerprint density at radius 2 is 1.75 bits per heavy atom. The molecular weight excluding hydrogens is 376 g/mol. The number of aromatic nitrogens is 2. The van der Waals surface area contributed by atoms with Gasteiger partial charge in [-0.05, 0) is 26.0 Å². The highest BCUT2D eigenvalue weighted by molar-refractivity contribution is 8.00. The van der Waals surface area contributed by atoms with E-state index in [0.29, 0.717) is 32.1 Å². The van der Waals surface area contributed by atoms with Crippen molar-refractivity contribution in [2.75, 3.05) is 50.0 Å². The van der Waals surface area contributed by atoms with Crippen molar-refractivity contribution < 1.29 is 14.3 Å². The monoisotopic (exact) mass is 402 g/mol. The number of benzene rings is 1. The third-order valence-electron chi connectivity index (χ3n) is 4.94. The Kier molecular flexibility index (Phi) is 5.99. The van der Waals surface area contributed by atoms with E-state index in [1.807, 2.05) is 29.2 Å². The molecule has 2 aliphatic rings. The standard InChI is InChI=1S/C20H26N4O3S/c1-14-11-24(12-15(2)27-14)19-20(22-17-6-4-3-5-16(17)21-19)28-13-18(25)23-7-9-26-10-8-23/h3-6,14-15H,7-13H2,1-2H3/t14-,15-/m1/s1. The van der Waals surface area contributed by atoms with Gasteiger partial charge in [0.15, 0.2) is 5.82 Å². The summed E-state index contributed by atoms with van der Waals surface area (Å²) in [5, 5.41) is 0.807. The van der Waals surface area contributed by atoms with Crippen LogP contribution in [0.1, 0.15) is 13.8 Å². The molecule has 4 rings (SSSR count). The van der Waals surface area contributed by atoms with Crippen LogP contribution in [0.25, 0.3) is 11.0 Å². The number of nitrogens with zero attached hydrogens (tertiary/aromatic N) is 4. The summed E-state index contributed by atoms with van der Waals surface area (Å²) >= 11 is 1.47. The van der Waals surface area contributed by atoms with Gasteiger partial charge in [-0.1, -0.05) is 23.9 Å². The maximum Gasteiger partial charge on any atom is 0.233 e. The zero-order chi connectivity index (χ0) is 19.5. The largest absolute Gasteiger partial charge is 0.378 e. The van der Waals surface area contributed by atoms with E-state index >= 15 is 0 Å². The number of carbonyl (C=O) groups excluding carboxylic acids is 1. The Morgan fingerprint density at radius 1 is 1.11 bits per heavy atom. The predicted molar refractivity (Wildman–Crippen MR) is 110 cm³/mol. The Hall–Kier alpha value is -1.90. The van der Waals surface area contributed by atoms with Crippen LogP contribution in [0.3, 0.4) is 0 Å². The SMILES string of the molecule is C[C@@H]1CN(c2nc3ccccc3nc2SCC(=O)N2CCOCC2)C[C@@H](C)O1. The molecule has 0 saturated carbocycles. The number of fused-ring (bicyclic) bond motifs is 1. The van der Waals surface area contributed by atoms with E-state index in [1.54, 1.807) is 0 Å². The average Bonchev–Trinajstić information content (AvgIpc) is 2.71. The topological polar surface area (TPSA) is 67.8 Å². The first kappa shape index (κ1) is 19.4. The van der Waals surface area contributed by atoms with Crippen molar-refractivity contribution in [1.29, 1.82) is 0 Å². The second kappa shape index (κ2) is 8.63. The highest BCUT2D eigenvalue weighted by Gasteiger charge is 2.27. The van der Waals surface area contributed by atoms with Crippen molar-refractivity contribution in [3.8, 4) is 0 Å². The fourth-order valence-corrected chi connectivity index (χ4v) is 4.57. The molecule has 1 amide bonds. The number of hydrogen-bond donors (Lipinski definition) is 0. The van der Waals surface area contributed by atoms with Crippen molar-refractivity contribution in [3.63, 3.8) is 0 Å². The summed E-state index contributed by atoms with van der Waals surface area (Å²) in [4.78, 5) is 26.4. The fraction of sp³-hybridized carbons (Fsp3) is 0.550. The Morgan fingerprint density at radius 3 is 2.43 bits per heavy atom. The van der Waals surface area contributed by atoms with E-state index in [4.69, 9.17) is 19.4 Å². The average molecular weight is 403 g/mol. The summed E-state index contributed by atoms with van der Waals surface area (Å²) in [5.74, 6) is 1.33. The Labute approximate surface area is 169 Å². The first-order chi connectivity index (χ1) is 13.6. The van der Waals surface area contributed by atoms with Gasteiger partial charge in [0.1, 0.15) is 5.03 Å². The lowest BCUT2D eigenvalue weighted by atomic mass is 10.2.